The van der Waals surface area contributed by atoms with Crippen molar-refractivity contribution in [1.82, 2.24) is 14.7 Å². The third kappa shape index (κ3) is 4.54. The summed E-state index contributed by atoms with van der Waals surface area (Å²) in [6.45, 7) is 0.827. The van der Waals surface area contributed by atoms with Crippen molar-refractivity contribution in [2.45, 2.75) is 11.3 Å². The molecule has 4 bridgehead atoms. The van der Waals surface area contributed by atoms with Crippen LogP contribution < -0.4 is 24.8 Å². The maximum Gasteiger partial charge on any atom is 0.240 e. The number of methoxy groups -OCH3 is 2. The summed E-state index contributed by atoms with van der Waals surface area (Å²) >= 11 is 0. The molecule has 0 saturated heterocycles. The number of rotatable bonds is 3. The normalized spacial score (nSPS) is 15.3. The van der Waals surface area contributed by atoms with Crippen LogP contribution in [0.4, 0.5) is 17.5 Å². The Morgan fingerprint density at radius 2 is 1.84 bits per heavy atom. The van der Waals surface area contributed by atoms with Gasteiger partial charge in [-0.25, -0.2) is 18.1 Å². The van der Waals surface area contributed by atoms with Gasteiger partial charge in [0, 0.05) is 30.5 Å². The maximum absolute atomic E-state index is 12.5. The highest BCUT2D eigenvalue weighted by Crippen LogP contribution is 2.35. The first kappa shape index (κ1) is 20.9. The molecule has 0 spiro atoms. The molecule has 162 valence electrons. The van der Waals surface area contributed by atoms with E-state index in [4.69, 9.17) is 9.47 Å². The van der Waals surface area contributed by atoms with E-state index in [9.17, 15) is 8.42 Å². The predicted molar refractivity (Wildman–Crippen MR) is 119 cm³/mol. The summed E-state index contributed by atoms with van der Waals surface area (Å²) in [4.78, 5) is 9.24. The van der Waals surface area contributed by atoms with Crippen molar-refractivity contribution in [3.8, 4) is 22.6 Å². The highest BCUT2D eigenvalue weighted by Gasteiger charge is 2.16. The van der Waals surface area contributed by atoms with Gasteiger partial charge in [0.2, 0.25) is 16.0 Å². The summed E-state index contributed by atoms with van der Waals surface area (Å²) < 4.78 is 38.3. The first-order valence-electron chi connectivity index (χ1n) is 9.70. The number of hydrogen-bond acceptors (Lipinski definition) is 8. The van der Waals surface area contributed by atoms with Crippen LogP contribution in [0.1, 0.15) is 6.42 Å². The summed E-state index contributed by atoms with van der Waals surface area (Å²) in [7, 11) is -0.414. The van der Waals surface area contributed by atoms with Crippen molar-refractivity contribution in [3.05, 3.63) is 48.7 Å². The van der Waals surface area contributed by atoms with Crippen LogP contribution >= 0.6 is 0 Å². The van der Waals surface area contributed by atoms with Gasteiger partial charge in [0.15, 0.2) is 11.5 Å². The van der Waals surface area contributed by atoms with E-state index in [0.29, 0.717) is 48.5 Å². The molecule has 3 aromatic rings. The van der Waals surface area contributed by atoms with Crippen LogP contribution in [0.2, 0.25) is 0 Å². The fourth-order valence-corrected chi connectivity index (χ4v) is 4.37. The molecule has 1 aliphatic heterocycles. The molecule has 1 aromatic heterocycles. The molecule has 31 heavy (non-hydrogen) atoms. The Hall–Kier alpha value is -3.37. The Morgan fingerprint density at radius 1 is 1.00 bits per heavy atom. The fraction of sp³-hybridized carbons (Fsp3) is 0.238. The van der Waals surface area contributed by atoms with E-state index in [1.807, 2.05) is 18.2 Å². The number of benzene rings is 2. The lowest BCUT2D eigenvalue weighted by Gasteiger charge is -2.14. The molecule has 9 nitrogen and oxygen atoms in total. The van der Waals surface area contributed by atoms with Gasteiger partial charge in [-0.05, 0) is 42.3 Å². The molecule has 2 aromatic carbocycles. The SMILES string of the molecule is COc1ccc(-c2cnc3nc2NCCCNS(=O)(=O)c2cccc(c2)N3)cc1OC. The highest BCUT2D eigenvalue weighted by atomic mass is 32.2. The number of fused-ring (bicyclic) bond motifs is 4. The molecule has 2 heterocycles. The maximum atomic E-state index is 12.5. The van der Waals surface area contributed by atoms with Crippen molar-refractivity contribution >= 4 is 27.5 Å². The van der Waals surface area contributed by atoms with Crippen LogP contribution in [0.25, 0.3) is 11.1 Å². The van der Waals surface area contributed by atoms with Crippen LogP contribution in [0.5, 0.6) is 11.5 Å². The van der Waals surface area contributed by atoms with Crippen LogP contribution in [-0.2, 0) is 10.0 Å². The minimum Gasteiger partial charge on any atom is -0.493 e. The third-order valence-corrected chi connectivity index (χ3v) is 6.28. The van der Waals surface area contributed by atoms with Gasteiger partial charge in [-0.15, -0.1) is 0 Å². The number of hydrogen-bond donors (Lipinski definition) is 3. The fourth-order valence-electron chi connectivity index (χ4n) is 3.25. The molecule has 0 radical (unpaired) electrons. The first-order valence-corrected chi connectivity index (χ1v) is 11.2. The first-order chi connectivity index (χ1) is 15.0. The van der Waals surface area contributed by atoms with Gasteiger partial charge in [-0.1, -0.05) is 12.1 Å². The Morgan fingerprint density at radius 3 is 2.65 bits per heavy atom. The lowest BCUT2D eigenvalue weighted by Crippen LogP contribution is -2.26. The van der Waals surface area contributed by atoms with Crippen molar-refractivity contribution in [3.63, 3.8) is 0 Å². The molecule has 0 amide bonds. The largest absolute Gasteiger partial charge is 0.493 e. The summed E-state index contributed by atoms with van der Waals surface area (Å²) in [6, 6.07) is 12.1. The Labute approximate surface area is 180 Å². The predicted octanol–water partition coefficient (Wildman–Crippen LogP) is 3.00. The van der Waals surface area contributed by atoms with E-state index in [-0.39, 0.29) is 4.90 Å². The van der Waals surface area contributed by atoms with Crippen LogP contribution in [0, 0.1) is 0 Å². The van der Waals surface area contributed by atoms with Crippen molar-refractivity contribution in [1.29, 1.82) is 0 Å². The smallest absolute Gasteiger partial charge is 0.240 e. The highest BCUT2D eigenvalue weighted by molar-refractivity contribution is 7.89. The molecule has 0 fully saturated rings. The Balaban J connectivity index is 1.74. The average molecular weight is 442 g/mol. The van der Waals surface area contributed by atoms with Gasteiger partial charge in [0.1, 0.15) is 5.82 Å². The van der Waals surface area contributed by atoms with Crippen LogP contribution in [-0.4, -0.2) is 45.7 Å². The monoisotopic (exact) mass is 441 g/mol. The zero-order valence-electron chi connectivity index (χ0n) is 17.2. The zero-order chi connectivity index (χ0) is 21.8. The van der Waals surface area contributed by atoms with Crippen molar-refractivity contribution in [2.24, 2.45) is 0 Å². The molecular weight excluding hydrogens is 418 g/mol. The number of sulfonamides is 1. The topological polar surface area (TPSA) is 114 Å². The quantitative estimate of drug-likeness (QED) is 0.568. The second kappa shape index (κ2) is 8.78. The average Bonchev–Trinajstić information content (AvgIpc) is 2.78. The molecule has 0 unspecified atom stereocenters. The molecule has 0 atom stereocenters. The molecule has 4 rings (SSSR count). The Kier molecular flexibility index (Phi) is 5.92. The van der Waals surface area contributed by atoms with E-state index in [2.05, 4.69) is 25.3 Å². The van der Waals surface area contributed by atoms with Gasteiger partial charge in [0.25, 0.3) is 0 Å². The van der Waals surface area contributed by atoms with Crippen LogP contribution in [0.15, 0.2) is 53.6 Å². The number of anilines is 3. The summed E-state index contributed by atoms with van der Waals surface area (Å²) in [5.74, 6) is 2.22. The number of ether oxygens (including phenoxy) is 2. The summed E-state index contributed by atoms with van der Waals surface area (Å²) in [6.07, 6.45) is 2.30. The molecule has 0 saturated carbocycles. The molecule has 3 N–H and O–H groups in total. The van der Waals surface area contributed by atoms with E-state index in [1.54, 1.807) is 44.7 Å². The third-order valence-electron chi connectivity index (χ3n) is 4.82. The number of aromatic nitrogens is 2. The number of nitrogens with one attached hydrogen (secondary N) is 3. The second-order valence-corrected chi connectivity index (χ2v) is 8.62. The van der Waals surface area contributed by atoms with Gasteiger partial charge < -0.3 is 20.1 Å². The zero-order valence-corrected chi connectivity index (χ0v) is 18.0. The standard InChI is InChI=1S/C21H23N5O4S/c1-29-18-8-7-14(11-19(18)30-2)17-13-23-21-25-15-5-3-6-16(12-15)31(27,28)24-10-4-9-22-20(17)26-21/h3,5-8,11-13,24H,4,9-10H2,1-2H3,(H2,22,23,25,26). The van der Waals surface area contributed by atoms with Gasteiger partial charge in [-0.2, -0.15) is 4.98 Å². The van der Waals surface area contributed by atoms with E-state index in [0.717, 1.165) is 11.1 Å². The van der Waals surface area contributed by atoms with Gasteiger partial charge in [0.05, 0.1) is 19.1 Å². The molecule has 1 aliphatic rings. The van der Waals surface area contributed by atoms with E-state index in [1.165, 1.54) is 0 Å². The molecular formula is C21H23N5O4S. The van der Waals surface area contributed by atoms with Crippen LogP contribution in [0.3, 0.4) is 0 Å². The second-order valence-electron chi connectivity index (χ2n) is 6.86. The molecule has 0 aliphatic carbocycles. The van der Waals surface area contributed by atoms with Gasteiger partial charge >= 0.3 is 0 Å². The Bertz CT molecular complexity index is 1200. The van der Waals surface area contributed by atoms with Gasteiger partial charge in [-0.3, -0.25) is 0 Å². The van der Waals surface area contributed by atoms with Crippen molar-refractivity contribution in [2.75, 3.05) is 37.9 Å². The lowest BCUT2D eigenvalue weighted by molar-refractivity contribution is 0.355. The lowest BCUT2D eigenvalue weighted by atomic mass is 10.1. The van der Waals surface area contributed by atoms with E-state index >= 15 is 0 Å². The summed E-state index contributed by atoms with van der Waals surface area (Å²) in [5.41, 5.74) is 2.22. The minimum absolute atomic E-state index is 0.187. The van der Waals surface area contributed by atoms with E-state index < -0.39 is 10.0 Å². The van der Waals surface area contributed by atoms with Crippen molar-refractivity contribution < 1.29 is 17.9 Å². The number of nitrogens with zero attached hydrogens (tertiary/aromatic N) is 2. The molecule has 10 heteroatoms. The minimum atomic E-state index is -3.59. The summed E-state index contributed by atoms with van der Waals surface area (Å²) in [5, 5.41) is 6.37.